The van der Waals surface area contributed by atoms with E-state index in [0.717, 1.165) is 11.3 Å². The predicted octanol–water partition coefficient (Wildman–Crippen LogP) is 3.64. The third-order valence-electron chi connectivity index (χ3n) is 2.95. The lowest BCUT2D eigenvalue weighted by Crippen LogP contribution is -2.28. The summed E-state index contributed by atoms with van der Waals surface area (Å²) in [4.78, 5) is 11.8. The minimum atomic E-state index is -0.310. The van der Waals surface area contributed by atoms with Gasteiger partial charge < -0.3 is 21.1 Å². The maximum absolute atomic E-state index is 11.8. The maximum atomic E-state index is 11.8. The number of rotatable bonds is 5. The SMILES string of the molecule is CCOc1ccc(CNC(=O)Nc2ccc(N)c(Cl)c2)cc1. The van der Waals surface area contributed by atoms with Gasteiger partial charge in [0.15, 0.2) is 0 Å². The van der Waals surface area contributed by atoms with Crippen LogP contribution in [-0.4, -0.2) is 12.6 Å². The molecule has 0 saturated carbocycles. The molecular formula is C16H18ClN3O2. The van der Waals surface area contributed by atoms with Crippen molar-refractivity contribution in [2.45, 2.75) is 13.5 Å². The fourth-order valence-corrected chi connectivity index (χ4v) is 2.01. The Kier molecular flexibility index (Phi) is 5.49. The minimum Gasteiger partial charge on any atom is -0.494 e. The summed E-state index contributed by atoms with van der Waals surface area (Å²) >= 11 is 5.90. The van der Waals surface area contributed by atoms with Crippen molar-refractivity contribution in [2.24, 2.45) is 0 Å². The lowest BCUT2D eigenvalue weighted by molar-refractivity contribution is 0.251. The average Bonchev–Trinajstić information content (AvgIpc) is 2.51. The van der Waals surface area contributed by atoms with Crippen molar-refractivity contribution in [3.63, 3.8) is 0 Å². The number of anilines is 2. The molecule has 2 amide bonds. The first-order valence-corrected chi connectivity index (χ1v) is 7.28. The Labute approximate surface area is 134 Å². The van der Waals surface area contributed by atoms with Gasteiger partial charge in [0.05, 0.1) is 17.3 Å². The Morgan fingerprint density at radius 3 is 2.59 bits per heavy atom. The Morgan fingerprint density at radius 1 is 1.23 bits per heavy atom. The average molecular weight is 320 g/mol. The number of hydrogen-bond acceptors (Lipinski definition) is 3. The first-order valence-electron chi connectivity index (χ1n) is 6.90. The standard InChI is InChI=1S/C16H18ClN3O2/c1-2-22-13-6-3-11(4-7-13)10-19-16(21)20-12-5-8-15(18)14(17)9-12/h3-9H,2,10,18H2,1H3,(H2,19,20,21). The molecule has 0 radical (unpaired) electrons. The summed E-state index contributed by atoms with van der Waals surface area (Å²) in [6.45, 7) is 2.98. The summed E-state index contributed by atoms with van der Waals surface area (Å²) in [6, 6.07) is 12.2. The smallest absolute Gasteiger partial charge is 0.319 e. The van der Waals surface area contributed by atoms with Crippen molar-refractivity contribution in [2.75, 3.05) is 17.7 Å². The summed E-state index contributed by atoms with van der Waals surface area (Å²) < 4.78 is 5.36. The zero-order chi connectivity index (χ0) is 15.9. The number of benzene rings is 2. The van der Waals surface area contributed by atoms with Crippen molar-refractivity contribution < 1.29 is 9.53 Å². The van der Waals surface area contributed by atoms with Gasteiger partial charge in [-0.25, -0.2) is 4.79 Å². The first-order chi connectivity index (χ1) is 10.6. The van der Waals surface area contributed by atoms with Crippen LogP contribution >= 0.6 is 11.6 Å². The molecule has 2 aromatic rings. The molecule has 0 aliphatic rings. The number of nitrogens with two attached hydrogens (primary N) is 1. The van der Waals surface area contributed by atoms with E-state index in [-0.39, 0.29) is 6.03 Å². The van der Waals surface area contributed by atoms with Crippen molar-refractivity contribution in [1.29, 1.82) is 0 Å². The lowest BCUT2D eigenvalue weighted by atomic mass is 10.2. The Morgan fingerprint density at radius 2 is 1.95 bits per heavy atom. The van der Waals surface area contributed by atoms with Crippen LogP contribution in [0.2, 0.25) is 5.02 Å². The van der Waals surface area contributed by atoms with Gasteiger partial charge in [-0.2, -0.15) is 0 Å². The molecule has 0 bridgehead atoms. The van der Waals surface area contributed by atoms with Gasteiger partial charge in [-0.15, -0.1) is 0 Å². The Bertz CT molecular complexity index is 644. The minimum absolute atomic E-state index is 0.310. The number of nitrogen functional groups attached to an aromatic ring is 1. The van der Waals surface area contributed by atoms with Crippen LogP contribution < -0.4 is 21.1 Å². The third kappa shape index (κ3) is 4.56. The van der Waals surface area contributed by atoms with Gasteiger partial charge in [0.25, 0.3) is 0 Å². The van der Waals surface area contributed by atoms with Gasteiger partial charge in [0.1, 0.15) is 5.75 Å². The summed E-state index contributed by atoms with van der Waals surface area (Å²) in [6.07, 6.45) is 0. The van der Waals surface area contributed by atoms with E-state index < -0.39 is 0 Å². The quantitative estimate of drug-likeness (QED) is 0.736. The highest BCUT2D eigenvalue weighted by Crippen LogP contribution is 2.22. The van der Waals surface area contributed by atoms with Crippen molar-refractivity contribution in [3.05, 3.63) is 53.1 Å². The number of carbonyl (C=O) groups is 1. The molecule has 0 spiro atoms. The second-order valence-electron chi connectivity index (χ2n) is 4.62. The number of halogens is 1. The number of hydrogen-bond donors (Lipinski definition) is 3. The van der Waals surface area contributed by atoms with E-state index in [2.05, 4.69) is 10.6 Å². The van der Waals surface area contributed by atoms with E-state index in [9.17, 15) is 4.79 Å². The van der Waals surface area contributed by atoms with Gasteiger partial charge in [0.2, 0.25) is 0 Å². The van der Waals surface area contributed by atoms with Gasteiger partial charge in [0, 0.05) is 12.2 Å². The zero-order valence-electron chi connectivity index (χ0n) is 12.2. The number of nitrogens with one attached hydrogen (secondary N) is 2. The highest BCUT2D eigenvalue weighted by Gasteiger charge is 2.04. The second kappa shape index (κ2) is 7.56. The van der Waals surface area contributed by atoms with Crippen LogP contribution in [0.4, 0.5) is 16.2 Å². The second-order valence-corrected chi connectivity index (χ2v) is 5.03. The summed E-state index contributed by atoms with van der Waals surface area (Å²) in [5.74, 6) is 0.812. The highest BCUT2D eigenvalue weighted by molar-refractivity contribution is 6.33. The molecule has 6 heteroatoms. The summed E-state index contributed by atoms with van der Waals surface area (Å²) in [5, 5.41) is 5.87. The first kappa shape index (κ1) is 16.0. The van der Waals surface area contributed by atoms with E-state index in [1.165, 1.54) is 0 Å². The topological polar surface area (TPSA) is 76.4 Å². The molecule has 0 heterocycles. The molecule has 0 aliphatic carbocycles. The Hall–Kier alpha value is -2.40. The van der Waals surface area contributed by atoms with Crippen LogP contribution in [0.25, 0.3) is 0 Å². The molecule has 116 valence electrons. The number of ether oxygens (including phenoxy) is 1. The molecule has 2 rings (SSSR count). The van der Waals surface area contributed by atoms with Crippen LogP contribution in [0, 0.1) is 0 Å². The molecule has 4 N–H and O–H groups in total. The molecule has 0 fully saturated rings. The van der Waals surface area contributed by atoms with Crippen LogP contribution in [-0.2, 0) is 6.54 Å². The maximum Gasteiger partial charge on any atom is 0.319 e. The molecule has 0 saturated heterocycles. The van der Waals surface area contributed by atoms with Crippen molar-refractivity contribution in [3.8, 4) is 5.75 Å². The van der Waals surface area contributed by atoms with Gasteiger partial charge in [-0.05, 0) is 42.8 Å². The molecular weight excluding hydrogens is 302 g/mol. The summed E-state index contributed by atoms with van der Waals surface area (Å²) in [7, 11) is 0. The highest BCUT2D eigenvalue weighted by atomic mass is 35.5. The fraction of sp³-hybridized carbons (Fsp3) is 0.188. The number of amides is 2. The van der Waals surface area contributed by atoms with Gasteiger partial charge in [-0.3, -0.25) is 0 Å². The van der Waals surface area contributed by atoms with Crippen molar-refractivity contribution in [1.82, 2.24) is 5.32 Å². The van der Waals surface area contributed by atoms with Crippen LogP contribution in [0.3, 0.4) is 0 Å². The normalized spacial score (nSPS) is 10.1. The van der Waals surface area contributed by atoms with E-state index >= 15 is 0 Å². The number of urea groups is 1. The number of carbonyl (C=O) groups excluding carboxylic acids is 1. The van der Waals surface area contributed by atoms with E-state index in [1.54, 1.807) is 18.2 Å². The van der Waals surface area contributed by atoms with Crippen LogP contribution in [0.1, 0.15) is 12.5 Å². The largest absolute Gasteiger partial charge is 0.494 e. The van der Waals surface area contributed by atoms with E-state index in [0.29, 0.717) is 29.5 Å². The molecule has 22 heavy (non-hydrogen) atoms. The zero-order valence-corrected chi connectivity index (χ0v) is 13.0. The molecule has 0 aliphatic heterocycles. The lowest BCUT2D eigenvalue weighted by Gasteiger charge is -2.09. The fourth-order valence-electron chi connectivity index (χ4n) is 1.83. The third-order valence-corrected chi connectivity index (χ3v) is 3.27. The molecule has 0 atom stereocenters. The van der Waals surface area contributed by atoms with E-state index in [4.69, 9.17) is 22.1 Å². The summed E-state index contributed by atoms with van der Waals surface area (Å²) in [5.41, 5.74) is 7.66. The molecule has 0 unspecified atom stereocenters. The Balaban J connectivity index is 1.85. The monoisotopic (exact) mass is 319 g/mol. The van der Waals surface area contributed by atoms with Gasteiger partial charge in [-0.1, -0.05) is 23.7 Å². The molecule has 0 aromatic heterocycles. The van der Waals surface area contributed by atoms with E-state index in [1.807, 2.05) is 31.2 Å². The predicted molar refractivity (Wildman–Crippen MR) is 89.3 cm³/mol. The van der Waals surface area contributed by atoms with Gasteiger partial charge >= 0.3 is 6.03 Å². The van der Waals surface area contributed by atoms with Crippen molar-refractivity contribution >= 4 is 29.0 Å². The van der Waals surface area contributed by atoms with Crippen LogP contribution in [0.15, 0.2) is 42.5 Å². The van der Waals surface area contributed by atoms with Crippen LogP contribution in [0.5, 0.6) is 5.75 Å². The molecule has 5 nitrogen and oxygen atoms in total. The molecule has 2 aromatic carbocycles.